The summed E-state index contributed by atoms with van der Waals surface area (Å²) in [6.07, 6.45) is 3.07. The molecule has 118 valence electrons. The van der Waals surface area contributed by atoms with E-state index < -0.39 is 0 Å². The van der Waals surface area contributed by atoms with Crippen LogP contribution in [-0.2, 0) is 6.54 Å². The highest BCUT2D eigenvalue weighted by Crippen LogP contribution is 2.11. The van der Waals surface area contributed by atoms with E-state index in [4.69, 9.17) is 0 Å². The minimum absolute atomic E-state index is 0.152. The van der Waals surface area contributed by atoms with Gasteiger partial charge in [-0.3, -0.25) is 4.79 Å². The van der Waals surface area contributed by atoms with E-state index in [1.165, 1.54) is 6.33 Å². The van der Waals surface area contributed by atoms with Crippen molar-refractivity contribution in [3.8, 4) is 5.69 Å². The maximum Gasteiger partial charge on any atom is 0.251 e. The summed E-state index contributed by atoms with van der Waals surface area (Å²) in [5.74, 6) is 0.574. The standard InChI is InChI=1S/C17H14N6O/c24-17(12-5-7-13(8-6-12)23-11-18-10-20-23)19-9-16-21-14-3-1-2-4-15(14)22-16/h1-8,10-11H,9H2,(H,19,24)(H,21,22). The van der Waals surface area contributed by atoms with Crippen molar-refractivity contribution in [1.82, 2.24) is 30.0 Å². The fraction of sp³-hybridized carbons (Fsp3) is 0.0588. The van der Waals surface area contributed by atoms with Crippen molar-refractivity contribution in [3.63, 3.8) is 0 Å². The number of H-pyrrole nitrogens is 1. The number of hydrogen-bond donors (Lipinski definition) is 2. The van der Waals surface area contributed by atoms with Gasteiger partial charge in [0.2, 0.25) is 0 Å². The number of para-hydroxylation sites is 2. The van der Waals surface area contributed by atoms with E-state index in [2.05, 4.69) is 25.4 Å². The molecule has 4 aromatic rings. The number of carbonyl (C=O) groups is 1. The minimum atomic E-state index is -0.152. The number of imidazole rings is 1. The maximum atomic E-state index is 12.2. The lowest BCUT2D eigenvalue weighted by atomic mass is 10.2. The Bertz CT molecular complexity index is 939. The smallest absolute Gasteiger partial charge is 0.251 e. The second kappa shape index (κ2) is 5.96. The summed E-state index contributed by atoms with van der Waals surface area (Å²) < 4.78 is 1.64. The van der Waals surface area contributed by atoms with E-state index in [1.807, 2.05) is 36.4 Å². The molecule has 2 N–H and O–H groups in total. The van der Waals surface area contributed by atoms with E-state index in [0.29, 0.717) is 12.1 Å². The van der Waals surface area contributed by atoms with Crippen LogP contribution in [0.4, 0.5) is 0 Å². The van der Waals surface area contributed by atoms with E-state index in [1.54, 1.807) is 23.1 Å². The zero-order chi connectivity index (χ0) is 16.4. The van der Waals surface area contributed by atoms with Gasteiger partial charge in [0.15, 0.2) is 0 Å². The normalized spacial score (nSPS) is 10.8. The molecule has 24 heavy (non-hydrogen) atoms. The first-order valence-electron chi connectivity index (χ1n) is 7.46. The van der Waals surface area contributed by atoms with Gasteiger partial charge in [0.25, 0.3) is 5.91 Å². The van der Waals surface area contributed by atoms with Crippen molar-refractivity contribution in [2.75, 3.05) is 0 Å². The summed E-state index contributed by atoms with van der Waals surface area (Å²) in [5, 5.41) is 6.91. The number of aromatic nitrogens is 5. The van der Waals surface area contributed by atoms with Gasteiger partial charge in [0.1, 0.15) is 18.5 Å². The third kappa shape index (κ3) is 2.74. The molecule has 0 bridgehead atoms. The maximum absolute atomic E-state index is 12.2. The molecular weight excluding hydrogens is 304 g/mol. The summed E-state index contributed by atoms with van der Waals surface area (Å²) in [6, 6.07) is 14.9. The second-order valence-corrected chi connectivity index (χ2v) is 5.27. The van der Waals surface area contributed by atoms with Crippen LogP contribution in [-0.4, -0.2) is 30.6 Å². The molecule has 0 saturated heterocycles. The lowest BCUT2D eigenvalue weighted by molar-refractivity contribution is 0.0950. The molecule has 4 rings (SSSR count). The van der Waals surface area contributed by atoms with Crippen molar-refractivity contribution < 1.29 is 4.79 Å². The average molecular weight is 318 g/mol. The molecule has 2 aromatic carbocycles. The number of nitrogens with one attached hydrogen (secondary N) is 2. The number of benzene rings is 2. The van der Waals surface area contributed by atoms with Crippen LogP contribution in [0.3, 0.4) is 0 Å². The highest BCUT2D eigenvalue weighted by atomic mass is 16.1. The number of amides is 1. The Labute approximate surface area is 137 Å². The zero-order valence-electron chi connectivity index (χ0n) is 12.7. The Balaban J connectivity index is 1.44. The first kappa shape index (κ1) is 14.1. The Hall–Kier alpha value is -3.48. The molecule has 7 heteroatoms. The van der Waals surface area contributed by atoms with Gasteiger partial charge in [-0.15, -0.1) is 0 Å². The van der Waals surface area contributed by atoms with E-state index in [-0.39, 0.29) is 5.91 Å². The van der Waals surface area contributed by atoms with Crippen LogP contribution in [0.25, 0.3) is 16.7 Å². The van der Waals surface area contributed by atoms with Gasteiger partial charge in [-0.2, -0.15) is 5.10 Å². The van der Waals surface area contributed by atoms with Gasteiger partial charge in [0, 0.05) is 5.56 Å². The summed E-state index contributed by atoms with van der Waals surface area (Å²) in [6.45, 7) is 0.346. The molecule has 0 saturated carbocycles. The van der Waals surface area contributed by atoms with E-state index in [0.717, 1.165) is 22.5 Å². The van der Waals surface area contributed by atoms with Crippen LogP contribution < -0.4 is 5.32 Å². The van der Waals surface area contributed by atoms with Gasteiger partial charge in [-0.25, -0.2) is 14.6 Å². The Morgan fingerprint density at radius 1 is 1.12 bits per heavy atom. The topological polar surface area (TPSA) is 88.5 Å². The van der Waals surface area contributed by atoms with Crippen LogP contribution in [0.5, 0.6) is 0 Å². The van der Waals surface area contributed by atoms with Crippen LogP contribution in [0.15, 0.2) is 61.2 Å². The van der Waals surface area contributed by atoms with E-state index in [9.17, 15) is 4.79 Å². The van der Waals surface area contributed by atoms with Crippen molar-refractivity contribution in [2.45, 2.75) is 6.54 Å². The van der Waals surface area contributed by atoms with Gasteiger partial charge in [0.05, 0.1) is 23.3 Å². The number of carbonyl (C=O) groups excluding carboxylic acids is 1. The van der Waals surface area contributed by atoms with Gasteiger partial charge in [-0.05, 0) is 36.4 Å². The fourth-order valence-corrected chi connectivity index (χ4v) is 2.46. The number of nitrogens with zero attached hydrogens (tertiary/aromatic N) is 4. The van der Waals surface area contributed by atoms with Crippen LogP contribution in [0.1, 0.15) is 16.2 Å². The monoisotopic (exact) mass is 318 g/mol. The van der Waals surface area contributed by atoms with Crippen molar-refractivity contribution in [1.29, 1.82) is 0 Å². The van der Waals surface area contributed by atoms with Gasteiger partial charge >= 0.3 is 0 Å². The number of hydrogen-bond acceptors (Lipinski definition) is 4. The predicted molar refractivity (Wildman–Crippen MR) is 88.6 cm³/mol. The quantitative estimate of drug-likeness (QED) is 0.603. The molecular formula is C17H14N6O. The third-order valence-corrected chi connectivity index (χ3v) is 3.67. The fourth-order valence-electron chi connectivity index (χ4n) is 2.46. The van der Waals surface area contributed by atoms with Crippen LogP contribution in [0, 0.1) is 0 Å². The van der Waals surface area contributed by atoms with Gasteiger partial charge < -0.3 is 10.3 Å². The van der Waals surface area contributed by atoms with Crippen LogP contribution in [0.2, 0.25) is 0 Å². The lowest BCUT2D eigenvalue weighted by Crippen LogP contribution is -2.23. The summed E-state index contributed by atoms with van der Waals surface area (Å²) in [4.78, 5) is 23.8. The highest BCUT2D eigenvalue weighted by Gasteiger charge is 2.08. The minimum Gasteiger partial charge on any atom is -0.345 e. The summed E-state index contributed by atoms with van der Waals surface area (Å²) >= 11 is 0. The number of aromatic amines is 1. The molecule has 1 amide bonds. The predicted octanol–water partition coefficient (Wildman–Crippen LogP) is 2.07. The second-order valence-electron chi connectivity index (χ2n) is 5.27. The molecule has 0 aliphatic carbocycles. The van der Waals surface area contributed by atoms with Crippen molar-refractivity contribution in [2.24, 2.45) is 0 Å². The molecule has 0 aliphatic rings. The summed E-state index contributed by atoms with van der Waals surface area (Å²) in [5.41, 5.74) is 3.27. The molecule has 7 nitrogen and oxygen atoms in total. The summed E-state index contributed by atoms with van der Waals surface area (Å²) in [7, 11) is 0. The molecule has 0 radical (unpaired) electrons. The average Bonchev–Trinajstić information content (AvgIpc) is 3.29. The Morgan fingerprint density at radius 3 is 2.71 bits per heavy atom. The molecule has 2 aromatic heterocycles. The lowest BCUT2D eigenvalue weighted by Gasteiger charge is -2.05. The third-order valence-electron chi connectivity index (χ3n) is 3.67. The first-order valence-corrected chi connectivity index (χ1v) is 7.46. The van der Waals surface area contributed by atoms with Gasteiger partial charge in [-0.1, -0.05) is 12.1 Å². The van der Waals surface area contributed by atoms with E-state index >= 15 is 0 Å². The Kier molecular flexibility index (Phi) is 3.51. The molecule has 0 aliphatic heterocycles. The zero-order valence-corrected chi connectivity index (χ0v) is 12.7. The molecule has 0 spiro atoms. The molecule has 0 unspecified atom stereocenters. The first-order chi connectivity index (χ1) is 11.8. The molecule has 2 heterocycles. The van der Waals surface area contributed by atoms with Crippen LogP contribution >= 0.6 is 0 Å². The van der Waals surface area contributed by atoms with Crippen molar-refractivity contribution in [3.05, 3.63) is 72.6 Å². The highest BCUT2D eigenvalue weighted by molar-refractivity contribution is 5.94. The SMILES string of the molecule is O=C(NCc1nc2ccccc2[nH]1)c1ccc(-n2cncn2)cc1. The largest absolute Gasteiger partial charge is 0.345 e. The number of fused-ring (bicyclic) bond motifs is 1. The number of rotatable bonds is 4. The molecule has 0 atom stereocenters. The molecule has 0 fully saturated rings. The Morgan fingerprint density at radius 2 is 1.96 bits per heavy atom. The van der Waals surface area contributed by atoms with Crippen molar-refractivity contribution >= 4 is 16.9 Å².